The van der Waals surface area contributed by atoms with E-state index in [1.165, 1.54) is 0 Å². The Morgan fingerprint density at radius 3 is 1.37 bits per heavy atom. The van der Waals surface area contributed by atoms with Gasteiger partial charge in [-0.25, -0.2) is 0 Å². The van der Waals surface area contributed by atoms with Crippen LogP contribution < -0.4 is 0 Å². The Kier molecular flexibility index (Phi) is 3.54. The monoisotopic (exact) mass is 639 g/mol. The Hall–Kier alpha value is -6.44. The normalized spacial score (nSPS) is 16.5. The predicted molar refractivity (Wildman–Crippen MR) is 208 cm³/mol. The Labute approximate surface area is 308 Å². The van der Waals surface area contributed by atoms with E-state index in [0.717, 1.165) is 21.9 Å². The summed E-state index contributed by atoms with van der Waals surface area (Å²) in [7, 11) is 0. The number of hydrogen-bond acceptors (Lipinski definition) is 1. The van der Waals surface area contributed by atoms with E-state index in [0.29, 0.717) is 16.3 Å². The molecular weight excluding hydrogens is 593 g/mol. The molecule has 0 N–H and O–H groups in total. The van der Waals surface area contributed by atoms with Crippen LogP contribution in [0.1, 0.15) is 23.3 Å². The maximum absolute atomic E-state index is 9.66. The molecule has 0 aliphatic rings. The fourth-order valence-corrected chi connectivity index (χ4v) is 6.45. The van der Waals surface area contributed by atoms with Crippen LogP contribution in [0.2, 0.25) is 0 Å². The molecule has 10 aromatic rings. The van der Waals surface area contributed by atoms with Gasteiger partial charge in [-0.2, -0.15) is 0 Å². The van der Waals surface area contributed by atoms with E-state index in [9.17, 15) is 11.0 Å². The zero-order chi connectivity index (χ0) is 47.1. The number of hydrogen-bond donors (Lipinski definition) is 0. The summed E-state index contributed by atoms with van der Waals surface area (Å²) in [5.74, 6) is 0. The van der Waals surface area contributed by atoms with Gasteiger partial charge < -0.3 is 4.42 Å². The molecule has 0 atom stereocenters. The molecule has 0 saturated carbocycles. The van der Waals surface area contributed by atoms with Crippen molar-refractivity contribution < 1.29 is 27.7 Å². The molecular formula is C48H30O. The molecule has 0 radical (unpaired) electrons. The molecule has 0 bridgehead atoms. The maximum atomic E-state index is 9.66. The first-order chi connectivity index (χ1) is 31.4. The largest absolute Gasteiger partial charge is 0.456 e. The first-order valence-electron chi connectivity index (χ1n) is 24.0. The molecule has 49 heavy (non-hydrogen) atoms. The summed E-state index contributed by atoms with van der Waals surface area (Å²) < 4.78 is 159. The molecule has 10 rings (SSSR count). The quantitative estimate of drug-likeness (QED) is 0.175. The van der Waals surface area contributed by atoms with Gasteiger partial charge in [-0.3, -0.25) is 0 Å². The van der Waals surface area contributed by atoms with Crippen LogP contribution in [-0.4, -0.2) is 0 Å². The first-order valence-corrected chi connectivity index (χ1v) is 15.5. The van der Waals surface area contributed by atoms with E-state index >= 15 is 0 Å². The first kappa shape index (κ1) is 15.6. The number of fused-ring (bicyclic) bond motifs is 6. The third kappa shape index (κ3) is 4.55. The van der Waals surface area contributed by atoms with Crippen LogP contribution in [0.5, 0.6) is 0 Å². The van der Waals surface area contributed by atoms with Gasteiger partial charge >= 0.3 is 0 Å². The molecule has 1 heteroatoms. The lowest BCUT2D eigenvalue weighted by Crippen LogP contribution is -1.90. The molecule has 0 amide bonds. The summed E-state index contributed by atoms with van der Waals surface area (Å²) in [4.78, 5) is 0. The summed E-state index contributed by atoms with van der Waals surface area (Å²) in [5, 5.41) is 1.65. The molecule has 0 spiro atoms. The highest BCUT2D eigenvalue weighted by molar-refractivity contribution is 6.21. The van der Waals surface area contributed by atoms with Gasteiger partial charge in [0.2, 0.25) is 0 Å². The lowest BCUT2D eigenvalue weighted by Gasteiger charge is -2.18. The topological polar surface area (TPSA) is 13.1 Å². The van der Waals surface area contributed by atoms with Gasteiger partial charge in [-0.1, -0.05) is 145 Å². The molecule has 1 nitrogen and oxygen atoms in total. The van der Waals surface area contributed by atoms with E-state index in [1.807, 2.05) is 78.9 Å². The lowest BCUT2D eigenvalue weighted by molar-refractivity contribution is 0.669. The van der Waals surface area contributed by atoms with Crippen molar-refractivity contribution in [3.8, 4) is 44.5 Å². The highest BCUT2D eigenvalue weighted by Gasteiger charge is 2.17. The van der Waals surface area contributed by atoms with E-state index in [2.05, 4.69) is 0 Å². The van der Waals surface area contributed by atoms with E-state index < -0.39 is 130 Å². The zero-order valence-corrected chi connectivity index (χ0v) is 25.4. The summed E-state index contributed by atoms with van der Waals surface area (Å²) >= 11 is 0. The van der Waals surface area contributed by atoms with Crippen molar-refractivity contribution in [2.45, 2.75) is 0 Å². The summed E-state index contributed by atoms with van der Waals surface area (Å²) in [6.45, 7) is 0. The van der Waals surface area contributed by atoms with Crippen LogP contribution in [0.3, 0.4) is 0 Å². The Bertz CT molecular complexity index is 3760. The van der Waals surface area contributed by atoms with Crippen LogP contribution >= 0.6 is 0 Å². The van der Waals surface area contributed by atoms with E-state index in [-0.39, 0.29) is 33.2 Å². The third-order valence-electron chi connectivity index (χ3n) is 8.63. The van der Waals surface area contributed by atoms with Crippen molar-refractivity contribution in [1.82, 2.24) is 0 Å². The smallest absolute Gasteiger partial charge is 0.136 e. The molecule has 0 fully saturated rings. The number of rotatable bonds is 4. The maximum Gasteiger partial charge on any atom is 0.136 e. The lowest BCUT2D eigenvalue weighted by atomic mass is 9.85. The zero-order valence-electron chi connectivity index (χ0n) is 42.4. The Balaban J connectivity index is 1.25. The molecule has 0 unspecified atom stereocenters. The van der Waals surface area contributed by atoms with Gasteiger partial charge in [0.15, 0.2) is 0 Å². The molecule has 9 aromatic carbocycles. The predicted octanol–water partition coefficient (Wildman–Crippen LogP) is 13.7. The van der Waals surface area contributed by atoms with Gasteiger partial charge in [-0.15, -0.1) is 0 Å². The van der Waals surface area contributed by atoms with Gasteiger partial charge in [-0.05, 0) is 113 Å². The molecule has 0 aliphatic heterocycles. The standard InChI is InChI=1S/C48H30O/c1-3-11-31(12-4-1)36-23-25-39-40-26-24-37(30-46(40)49-45(39)29-36)34-19-20-35-28-38(22-21-33(35)27-34)48-43-17-9-7-15-41(43)47(32-13-5-2-6-14-32)42-16-8-10-18-44(42)48/h1-30H/i1D,3D,4D,11D,12D,19D,20D,21D,22D,23D,24D,25D,26D,27D,28D,29D,30D. The van der Waals surface area contributed by atoms with Crippen molar-refractivity contribution in [3.63, 3.8) is 0 Å². The van der Waals surface area contributed by atoms with Gasteiger partial charge in [0.1, 0.15) is 11.2 Å². The van der Waals surface area contributed by atoms with E-state index in [1.54, 1.807) is 0 Å². The van der Waals surface area contributed by atoms with Crippen LogP contribution in [0, 0.1) is 0 Å². The molecule has 1 aromatic heterocycles. The number of benzene rings is 9. The molecule has 1 heterocycles. The van der Waals surface area contributed by atoms with Crippen molar-refractivity contribution in [3.05, 3.63) is 182 Å². The van der Waals surface area contributed by atoms with Crippen LogP contribution in [-0.2, 0) is 0 Å². The van der Waals surface area contributed by atoms with Gasteiger partial charge in [0, 0.05) is 10.8 Å². The number of furan rings is 1. The Morgan fingerprint density at radius 2 is 0.776 bits per heavy atom. The minimum absolute atomic E-state index is 0.00759. The molecule has 228 valence electrons. The van der Waals surface area contributed by atoms with Crippen molar-refractivity contribution >= 4 is 54.3 Å². The third-order valence-corrected chi connectivity index (χ3v) is 8.63. The average Bonchev–Trinajstić information content (AvgIpc) is 3.73. The second-order valence-electron chi connectivity index (χ2n) is 11.5. The highest BCUT2D eigenvalue weighted by atomic mass is 16.3. The SMILES string of the molecule is [2H]c1c([2H])c([2H])c(-c2c([2H])c([2H])c3c(oc4c([2H])c(-c5c([2H])c([2H])c6c([2H])c(-c7c8ccccc8c(-c8ccccc8)c8ccccc78)c([2H])c([2H])c6c5[2H])c([2H])c([2H])c43)c2[2H])c([2H])c1[2H]. The van der Waals surface area contributed by atoms with Gasteiger partial charge in [0.05, 0.1) is 23.3 Å². The molecule has 0 aliphatic carbocycles. The van der Waals surface area contributed by atoms with E-state index in [4.69, 9.17) is 16.8 Å². The second kappa shape index (κ2) is 11.1. The fourth-order valence-electron chi connectivity index (χ4n) is 6.45. The fraction of sp³-hybridized carbons (Fsp3) is 0. The minimum atomic E-state index is -0.750. The minimum Gasteiger partial charge on any atom is -0.456 e. The van der Waals surface area contributed by atoms with Crippen molar-refractivity contribution in [2.75, 3.05) is 0 Å². The average molecular weight is 640 g/mol. The Morgan fingerprint density at radius 1 is 0.327 bits per heavy atom. The van der Waals surface area contributed by atoms with Gasteiger partial charge in [0.25, 0.3) is 0 Å². The van der Waals surface area contributed by atoms with Crippen LogP contribution in [0.15, 0.2) is 186 Å². The summed E-state index contributed by atoms with van der Waals surface area (Å²) in [6, 6.07) is 13.5. The summed E-state index contributed by atoms with van der Waals surface area (Å²) in [6.07, 6.45) is 0. The van der Waals surface area contributed by atoms with Crippen LogP contribution in [0.4, 0.5) is 0 Å². The highest BCUT2D eigenvalue weighted by Crippen LogP contribution is 2.44. The van der Waals surface area contributed by atoms with Crippen molar-refractivity contribution in [2.24, 2.45) is 0 Å². The van der Waals surface area contributed by atoms with Crippen molar-refractivity contribution in [1.29, 1.82) is 0 Å². The van der Waals surface area contributed by atoms with Crippen LogP contribution in [0.25, 0.3) is 98.8 Å². The summed E-state index contributed by atoms with van der Waals surface area (Å²) in [5.41, 5.74) is -0.798. The second-order valence-corrected chi connectivity index (χ2v) is 11.5. The molecule has 0 saturated heterocycles.